The minimum atomic E-state index is -4.88. The third-order valence-corrected chi connectivity index (χ3v) is 8.64. The molecule has 0 spiro atoms. The number of pyridine rings is 1. The molecule has 6 rings (SSSR count). The molecule has 0 radical (unpaired) electrons. The molecule has 1 aliphatic carbocycles. The molecule has 15 heteroatoms. The highest BCUT2D eigenvalue weighted by molar-refractivity contribution is 6.05. The SMILES string of the molecule is C=CN(/C(=N\C)c1cccc(NC(=O)c2cc3c(cc2F)CN(C(=O)N2CC(O)(C(F)(F)F)C2)Cc2c(C4CC4)ncn2-3)n1)C(C)C. The first kappa shape index (κ1) is 32.2. The number of amides is 3. The van der Waals surface area contributed by atoms with Crippen LogP contribution in [0.3, 0.4) is 0 Å². The molecule has 1 saturated heterocycles. The van der Waals surface area contributed by atoms with E-state index in [2.05, 4.69) is 26.9 Å². The van der Waals surface area contributed by atoms with Gasteiger partial charge < -0.3 is 29.7 Å². The molecule has 0 atom stereocenters. The summed E-state index contributed by atoms with van der Waals surface area (Å²) in [6, 6.07) is 6.82. The number of fused-ring (bicyclic) bond motifs is 3. The van der Waals surface area contributed by atoms with Gasteiger partial charge in [0.25, 0.3) is 5.91 Å². The number of carbonyl (C=O) groups is 2. The van der Waals surface area contributed by atoms with E-state index in [1.165, 1.54) is 11.0 Å². The van der Waals surface area contributed by atoms with E-state index in [-0.39, 0.29) is 36.4 Å². The Morgan fingerprint density at radius 1 is 1.19 bits per heavy atom. The lowest BCUT2D eigenvalue weighted by Gasteiger charge is -2.48. The Morgan fingerprint density at radius 3 is 2.53 bits per heavy atom. The average Bonchev–Trinajstić information content (AvgIpc) is 3.78. The largest absolute Gasteiger partial charge is 0.420 e. The van der Waals surface area contributed by atoms with Gasteiger partial charge in [-0.3, -0.25) is 9.79 Å². The van der Waals surface area contributed by atoms with Gasteiger partial charge in [0, 0.05) is 19.0 Å². The average molecular weight is 655 g/mol. The van der Waals surface area contributed by atoms with Crippen molar-refractivity contribution in [3.63, 3.8) is 0 Å². The second-order valence-corrected chi connectivity index (χ2v) is 12.3. The number of likely N-dealkylation sites (tertiary alicyclic amines) is 1. The van der Waals surface area contributed by atoms with Crippen molar-refractivity contribution in [1.82, 2.24) is 29.2 Å². The van der Waals surface area contributed by atoms with Gasteiger partial charge in [0.2, 0.25) is 0 Å². The number of aliphatic hydroxyl groups is 1. The van der Waals surface area contributed by atoms with Crippen LogP contribution in [0.2, 0.25) is 0 Å². The molecular formula is C32H34F4N8O3. The van der Waals surface area contributed by atoms with E-state index in [4.69, 9.17) is 0 Å². The summed E-state index contributed by atoms with van der Waals surface area (Å²) in [4.78, 5) is 44.3. The molecule has 2 N–H and O–H groups in total. The Hall–Kier alpha value is -4.79. The molecule has 1 saturated carbocycles. The molecule has 2 fully saturated rings. The third kappa shape index (κ3) is 5.83. The topological polar surface area (TPSA) is 119 Å². The van der Waals surface area contributed by atoms with Gasteiger partial charge in [0.05, 0.1) is 55.1 Å². The van der Waals surface area contributed by atoms with E-state index in [0.717, 1.165) is 29.5 Å². The monoisotopic (exact) mass is 654 g/mol. The second-order valence-electron chi connectivity index (χ2n) is 12.3. The number of aromatic nitrogens is 3. The van der Waals surface area contributed by atoms with Crippen LogP contribution in [0.1, 0.15) is 65.6 Å². The van der Waals surface area contributed by atoms with Gasteiger partial charge in [-0.05, 0) is 62.7 Å². The number of rotatable bonds is 6. The molecule has 11 nitrogen and oxygen atoms in total. The number of β-amino-alcohol motifs (C(OH)–C–C–N with tert-alkyl or cyclic N) is 1. The highest BCUT2D eigenvalue weighted by atomic mass is 19.4. The van der Waals surface area contributed by atoms with E-state index in [0.29, 0.717) is 28.5 Å². The van der Waals surface area contributed by atoms with Gasteiger partial charge in [0.15, 0.2) is 11.4 Å². The zero-order valence-electron chi connectivity index (χ0n) is 26.1. The molecule has 248 valence electrons. The lowest BCUT2D eigenvalue weighted by atomic mass is 9.94. The van der Waals surface area contributed by atoms with Crippen molar-refractivity contribution in [2.75, 3.05) is 25.5 Å². The van der Waals surface area contributed by atoms with Crippen molar-refractivity contribution in [2.24, 2.45) is 4.99 Å². The number of imidazole rings is 1. The molecule has 3 aliphatic rings. The van der Waals surface area contributed by atoms with Crippen LogP contribution < -0.4 is 5.32 Å². The normalized spacial score (nSPS) is 17.4. The lowest BCUT2D eigenvalue weighted by molar-refractivity contribution is -0.294. The summed E-state index contributed by atoms with van der Waals surface area (Å²) >= 11 is 0. The first-order valence-corrected chi connectivity index (χ1v) is 15.1. The summed E-state index contributed by atoms with van der Waals surface area (Å²) in [5.74, 6) is -0.765. The molecule has 3 amide bonds. The maximum atomic E-state index is 15.7. The van der Waals surface area contributed by atoms with Crippen LogP contribution in [0.5, 0.6) is 0 Å². The Balaban J connectivity index is 1.30. The number of hydrogen-bond donors (Lipinski definition) is 2. The Bertz CT molecular complexity index is 1780. The van der Waals surface area contributed by atoms with Gasteiger partial charge >= 0.3 is 12.2 Å². The van der Waals surface area contributed by atoms with Crippen molar-refractivity contribution in [3.8, 4) is 5.69 Å². The zero-order chi connectivity index (χ0) is 33.8. The van der Waals surface area contributed by atoms with Crippen LogP contribution in [0, 0.1) is 5.82 Å². The van der Waals surface area contributed by atoms with Gasteiger partial charge in [-0.15, -0.1) is 0 Å². The van der Waals surface area contributed by atoms with Crippen LogP contribution >= 0.6 is 0 Å². The Labute approximate surface area is 268 Å². The van der Waals surface area contributed by atoms with Crippen molar-refractivity contribution in [3.05, 3.63) is 83.5 Å². The van der Waals surface area contributed by atoms with E-state index < -0.39 is 42.6 Å². The number of nitrogens with zero attached hydrogens (tertiary/aromatic N) is 7. The molecular weight excluding hydrogens is 620 g/mol. The first-order chi connectivity index (χ1) is 22.2. The van der Waals surface area contributed by atoms with Crippen molar-refractivity contribution >= 4 is 23.6 Å². The van der Waals surface area contributed by atoms with Gasteiger partial charge in [0.1, 0.15) is 17.3 Å². The number of halogens is 4. The predicted molar refractivity (Wildman–Crippen MR) is 165 cm³/mol. The molecule has 2 aromatic heterocycles. The third-order valence-electron chi connectivity index (χ3n) is 8.64. The molecule has 1 aromatic carbocycles. The molecule has 0 bridgehead atoms. The lowest BCUT2D eigenvalue weighted by Crippen LogP contribution is -2.71. The van der Waals surface area contributed by atoms with Crippen molar-refractivity contribution < 1.29 is 32.3 Å². The number of benzene rings is 1. The van der Waals surface area contributed by atoms with Gasteiger partial charge in [-0.1, -0.05) is 12.6 Å². The van der Waals surface area contributed by atoms with Crippen molar-refractivity contribution in [1.29, 1.82) is 0 Å². The summed E-state index contributed by atoms with van der Waals surface area (Å²) in [5, 5.41) is 12.6. The number of urea groups is 1. The fourth-order valence-electron chi connectivity index (χ4n) is 5.97. The van der Waals surface area contributed by atoms with Crippen LogP contribution in [0.15, 0.2) is 54.4 Å². The fourth-order valence-corrected chi connectivity index (χ4v) is 5.97. The van der Waals surface area contributed by atoms with Gasteiger partial charge in [-0.25, -0.2) is 19.2 Å². The molecule has 2 aliphatic heterocycles. The highest BCUT2D eigenvalue weighted by Crippen LogP contribution is 2.43. The smallest absolute Gasteiger partial charge is 0.378 e. The fraction of sp³-hybridized carbons (Fsp3) is 0.406. The number of carbonyl (C=O) groups excluding carboxylic acids is 2. The number of aliphatic imine (C=N–C) groups is 1. The molecule has 3 aromatic rings. The van der Waals surface area contributed by atoms with E-state index in [1.54, 1.807) is 42.3 Å². The number of hydrogen-bond acceptors (Lipinski definition) is 6. The zero-order valence-corrected chi connectivity index (χ0v) is 26.1. The Kier molecular flexibility index (Phi) is 8.06. The Morgan fingerprint density at radius 2 is 1.91 bits per heavy atom. The summed E-state index contributed by atoms with van der Waals surface area (Å²) < 4.78 is 57.2. The summed E-state index contributed by atoms with van der Waals surface area (Å²) in [6.45, 7) is 5.83. The summed E-state index contributed by atoms with van der Waals surface area (Å²) in [5.41, 5.74) is -0.664. The van der Waals surface area contributed by atoms with Crippen LogP contribution in [-0.4, -0.2) is 90.1 Å². The van der Waals surface area contributed by atoms with Crippen LogP contribution in [0.25, 0.3) is 5.69 Å². The van der Waals surface area contributed by atoms with Crippen LogP contribution in [0.4, 0.5) is 28.2 Å². The number of nitrogens with one attached hydrogen (secondary N) is 1. The predicted octanol–water partition coefficient (Wildman–Crippen LogP) is 4.81. The summed E-state index contributed by atoms with van der Waals surface area (Å²) in [6.07, 6.45) is 0.0916. The molecule has 4 heterocycles. The maximum absolute atomic E-state index is 15.7. The highest BCUT2D eigenvalue weighted by Gasteiger charge is 2.62. The second kappa shape index (κ2) is 11.8. The number of anilines is 1. The molecule has 0 unspecified atom stereocenters. The number of amidine groups is 1. The summed E-state index contributed by atoms with van der Waals surface area (Å²) in [7, 11) is 1.62. The minimum Gasteiger partial charge on any atom is -0.378 e. The quantitative estimate of drug-likeness (QED) is 0.224. The maximum Gasteiger partial charge on any atom is 0.420 e. The molecule has 47 heavy (non-hydrogen) atoms. The number of alkyl halides is 3. The van der Waals surface area contributed by atoms with E-state index in [9.17, 15) is 27.9 Å². The van der Waals surface area contributed by atoms with E-state index >= 15 is 4.39 Å². The van der Waals surface area contributed by atoms with E-state index in [1.807, 2.05) is 18.7 Å². The first-order valence-electron chi connectivity index (χ1n) is 15.1. The van der Waals surface area contributed by atoms with Crippen molar-refractivity contribution in [2.45, 2.75) is 63.5 Å². The standard InChI is InChI=1S/C32H34F4N8O3/c1-5-43(18(2)3)28(37-4)23-7-6-8-26(39-23)40-29(45)21-12-24-20(11-22(21)33)13-41(14-25-27(19-9-10-19)38-17-44(24)25)30(46)42-15-31(47,16-42)32(34,35)36/h5-8,11-12,17-19,47H,1,9-10,13-16H2,2-4H3,(H,39,40,45)/b37-28-. The minimum absolute atomic E-state index is 0.000424. The van der Waals surface area contributed by atoms with Gasteiger partial charge in [-0.2, -0.15) is 13.2 Å². The van der Waals surface area contributed by atoms with Crippen LogP contribution in [-0.2, 0) is 13.1 Å².